The molecule has 0 bridgehead atoms. The third-order valence-corrected chi connectivity index (χ3v) is 6.12. The summed E-state index contributed by atoms with van der Waals surface area (Å²) in [6, 6.07) is 10.3. The van der Waals surface area contributed by atoms with E-state index in [1.165, 1.54) is 6.07 Å². The van der Waals surface area contributed by atoms with Crippen LogP contribution in [0.3, 0.4) is 0 Å². The predicted molar refractivity (Wildman–Crippen MR) is 116 cm³/mol. The van der Waals surface area contributed by atoms with E-state index in [2.05, 4.69) is 5.32 Å². The van der Waals surface area contributed by atoms with E-state index >= 15 is 0 Å². The minimum Gasteiger partial charge on any atom is -0.324 e. The van der Waals surface area contributed by atoms with Gasteiger partial charge in [-0.2, -0.15) is 13.2 Å². The Hall–Kier alpha value is -3.03. The highest BCUT2D eigenvalue weighted by Gasteiger charge is 2.32. The number of rotatable bonds is 5. The normalized spacial score (nSPS) is 17.3. The number of halogens is 3. The van der Waals surface area contributed by atoms with E-state index in [0.29, 0.717) is 36.4 Å². The topological polar surface area (TPSA) is 52.6 Å². The van der Waals surface area contributed by atoms with Crippen molar-refractivity contribution in [1.82, 2.24) is 4.90 Å². The molecule has 1 saturated heterocycles. The molecule has 8 heteroatoms. The Morgan fingerprint density at radius 3 is 2.56 bits per heavy atom. The van der Waals surface area contributed by atoms with Crippen molar-refractivity contribution in [3.63, 3.8) is 0 Å². The lowest BCUT2D eigenvalue weighted by Gasteiger charge is -2.37. The second kappa shape index (κ2) is 8.84. The minimum atomic E-state index is -4.43. The molecule has 2 aliphatic rings. The van der Waals surface area contributed by atoms with Gasteiger partial charge >= 0.3 is 12.2 Å². The Labute approximate surface area is 185 Å². The van der Waals surface area contributed by atoms with Crippen LogP contribution in [0.4, 0.5) is 29.3 Å². The average molecular weight is 445 g/mol. The maximum Gasteiger partial charge on any atom is 0.416 e. The van der Waals surface area contributed by atoms with Crippen molar-refractivity contribution in [3.8, 4) is 0 Å². The SMILES string of the molecule is Cc1ccc(N2CCCN(Cc3cccc(C(F)(F)F)c3)C2=O)c(NC(=O)C2CCC2)c1. The Kier molecular flexibility index (Phi) is 6.13. The molecule has 1 aliphatic heterocycles. The number of hydrogen-bond acceptors (Lipinski definition) is 2. The summed E-state index contributed by atoms with van der Waals surface area (Å²) in [6.07, 6.45) is -0.952. The van der Waals surface area contributed by atoms with Gasteiger partial charge in [0.05, 0.1) is 16.9 Å². The zero-order valence-electron chi connectivity index (χ0n) is 17.9. The Balaban J connectivity index is 1.54. The van der Waals surface area contributed by atoms with Gasteiger partial charge in [0.2, 0.25) is 5.91 Å². The van der Waals surface area contributed by atoms with Gasteiger partial charge in [-0.25, -0.2) is 4.79 Å². The highest BCUT2D eigenvalue weighted by Crippen LogP contribution is 2.34. The summed E-state index contributed by atoms with van der Waals surface area (Å²) in [4.78, 5) is 28.9. The Morgan fingerprint density at radius 2 is 1.88 bits per heavy atom. The van der Waals surface area contributed by atoms with Crippen LogP contribution in [-0.2, 0) is 17.5 Å². The number of alkyl halides is 3. The quantitative estimate of drug-likeness (QED) is 0.653. The predicted octanol–water partition coefficient (Wildman–Crippen LogP) is 5.58. The van der Waals surface area contributed by atoms with Gasteiger partial charge in [0.1, 0.15) is 0 Å². The molecule has 5 nitrogen and oxygen atoms in total. The van der Waals surface area contributed by atoms with Crippen LogP contribution in [0.2, 0.25) is 0 Å². The molecule has 0 spiro atoms. The zero-order valence-corrected chi connectivity index (χ0v) is 17.9. The van der Waals surface area contributed by atoms with Gasteiger partial charge in [-0.15, -0.1) is 0 Å². The molecule has 0 atom stereocenters. The molecule has 0 unspecified atom stereocenters. The van der Waals surface area contributed by atoms with Crippen LogP contribution >= 0.6 is 0 Å². The van der Waals surface area contributed by atoms with Crippen LogP contribution in [0.5, 0.6) is 0 Å². The molecule has 3 amide bonds. The first-order chi connectivity index (χ1) is 15.2. The van der Waals surface area contributed by atoms with Crippen LogP contribution < -0.4 is 10.2 Å². The highest BCUT2D eigenvalue weighted by atomic mass is 19.4. The van der Waals surface area contributed by atoms with E-state index < -0.39 is 11.7 Å². The van der Waals surface area contributed by atoms with Crippen molar-refractivity contribution in [2.45, 2.75) is 45.3 Å². The summed E-state index contributed by atoms with van der Waals surface area (Å²) < 4.78 is 39.2. The number of anilines is 2. The zero-order chi connectivity index (χ0) is 22.9. The highest BCUT2D eigenvalue weighted by molar-refractivity contribution is 6.01. The minimum absolute atomic E-state index is 0.0119. The van der Waals surface area contributed by atoms with Gasteiger partial charge in [0, 0.05) is 25.6 Å². The number of hydrogen-bond donors (Lipinski definition) is 1. The van der Waals surface area contributed by atoms with Crippen LogP contribution in [0.1, 0.15) is 42.4 Å². The summed E-state index contributed by atoms with van der Waals surface area (Å²) in [7, 11) is 0. The molecular weight excluding hydrogens is 419 g/mol. The number of benzene rings is 2. The van der Waals surface area contributed by atoms with Gasteiger partial charge in [-0.1, -0.05) is 24.6 Å². The molecule has 1 heterocycles. The third kappa shape index (κ3) is 4.74. The molecule has 0 aromatic heterocycles. The fourth-order valence-electron chi connectivity index (χ4n) is 4.11. The lowest BCUT2D eigenvalue weighted by atomic mass is 9.85. The number of amides is 3. The van der Waals surface area contributed by atoms with E-state index in [0.717, 1.165) is 37.0 Å². The van der Waals surface area contributed by atoms with E-state index in [1.54, 1.807) is 15.9 Å². The van der Waals surface area contributed by atoms with Crippen molar-refractivity contribution < 1.29 is 22.8 Å². The lowest BCUT2D eigenvalue weighted by molar-refractivity contribution is -0.137. The Bertz CT molecular complexity index is 1020. The van der Waals surface area contributed by atoms with Crippen molar-refractivity contribution in [2.75, 3.05) is 23.3 Å². The monoisotopic (exact) mass is 445 g/mol. The molecule has 1 saturated carbocycles. The summed E-state index contributed by atoms with van der Waals surface area (Å²) in [5, 5.41) is 2.98. The van der Waals surface area contributed by atoms with Gasteiger partial charge in [0.15, 0.2) is 0 Å². The van der Waals surface area contributed by atoms with Crippen LogP contribution in [-0.4, -0.2) is 29.9 Å². The molecule has 32 heavy (non-hydrogen) atoms. The standard InChI is InChI=1S/C24H26F3N3O2/c1-16-9-10-21(20(13-16)28-22(31)18-6-3-7-18)30-12-4-11-29(23(30)32)15-17-5-2-8-19(14-17)24(25,26)27/h2,5,8-10,13-14,18H,3-4,6-7,11-12,15H2,1H3,(H,28,31). The molecule has 0 radical (unpaired) electrons. The maximum atomic E-state index is 13.3. The van der Waals surface area contributed by atoms with Gasteiger partial charge in [-0.3, -0.25) is 9.69 Å². The van der Waals surface area contributed by atoms with Gasteiger partial charge in [0.25, 0.3) is 0 Å². The summed E-state index contributed by atoms with van der Waals surface area (Å²) in [5.41, 5.74) is 1.87. The maximum absolute atomic E-state index is 13.3. The summed E-state index contributed by atoms with van der Waals surface area (Å²) in [5.74, 6) is -0.0220. The second-order valence-electron chi connectivity index (χ2n) is 8.55. The first kappa shape index (κ1) is 22.2. The molecule has 2 fully saturated rings. The molecule has 4 rings (SSSR count). The Morgan fingerprint density at radius 1 is 1.09 bits per heavy atom. The number of aryl methyl sites for hydroxylation is 1. The largest absolute Gasteiger partial charge is 0.416 e. The molecule has 2 aromatic carbocycles. The van der Waals surface area contributed by atoms with Crippen molar-refractivity contribution in [3.05, 3.63) is 59.2 Å². The number of carbonyl (C=O) groups excluding carboxylic acids is 2. The number of carbonyl (C=O) groups is 2. The molecular formula is C24H26F3N3O2. The fourth-order valence-corrected chi connectivity index (χ4v) is 4.11. The van der Waals surface area contributed by atoms with Gasteiger partial charge < -0.3 is 10.2 Å². The molecule has 2 aromatic rings. The average Bonchev–Trinajstić information content (AvgIpc) is 2.68. The van der Waals surface area contributed by atoms with E-state index in [4.69, 9.17) is 0 Å². The van der Waals surface area contributed by atoms with E-state index in [1.807, 2.05) is 25.1 Å². The molecule has 170 valence electrons. The number of nitrogens with one attached hydrogen (secondary N) is 1. The molecule has 1 aliphatic carbocycles. The van der Waals surface area contributed by atoms with Crippen molar-refractivity contribution in [1.29, 1.82) is 0 Å². The number of nitrogens with zero attached hydrogens (tertiary/aromatic N) is 2. The van der Waals surface area contributed by atoms with Crippen molar-refractivity contribution in [2.24, 2.45) is 5.92 Å². The lowest BCUT2D eigenvalue weighted by Crippen LogP contribution is -2.49. The number of urea groups is 1. The van der Waals surface area contributed by atoms with E-state index in [-0.39, 0.29) is 24.4 Å². The van der Waals surface area contributed by atoms with Crippen LogP contribution in [0, 0.1) is 12.8 Å². The first-order valence-corrected chi connectivity index (χ1v) is 10.9. The van der Waals surface area contributed by atoms with Gasteiger partial charge in [-0.05, 0) is 61.6 Å². The molecule has 1 N–H and O–H groups in total. The fraction of sp³-hybridized carbons (Fsp3) is 0.417. The van der Waals surface area contributed by atoms with Crippen LogP contribution in [0.25, 0.3) is 0 Å². The summed E-state index contributed by atoms with van der Waals surface area (Å²) in [6.45, 7) is 2.95. The third-order valence-electron chi connectivity index (χ3n) is 6.12. The summed E-state index contributed by atoms with van der Waals surface area (Å²) >= 11 is 0. The smallest absolute Gasteiger partial charge is 0.324 e. The van der Waals surface area contributed by atoms with Crippen LogP contribution in [0.15, 0.2) is 42.5 Å². The second-order valence-corrected chi connectivity index (χ2v) is 8.55. The van der Waals surface area contributed by atoms with E-state index in [9.17, 15) is 22.8 Å². The van der Waals surface area contributed by atoms with Crippen molar-refractivity contribution >= 4 is 23.3 Å². The first-order valence-electron chi connectivity index (χ1n) is 10.9.